The molecule has 0 amide bonds. The van der Waals surface area contributed by atoms with Crippen molar-refractivity contribution in [3.8, 4) is 0 Å². The van der Waals surface area contributed by atoms with E-state index in [-0.39, 0.29) is 0 Å². The van der Waals surface area contributed by atoms with Crippen LogP contribution in [0.4, 0.5) is 0 Å². The molecule has 0 saturated heterocycles. The van der Waals surface area contributed by atoms with Crippen LogP contribution in [0.15, 0.2) is 0 Å². The molecular weight excluding hydrogens is 116 g/mol. The Hall–Kier alpha value is 0.350. The molecule has 0 aromatic heterocycles. The van der Waals surface area contributed by atoms with E-state index in [4.69, 9.17) is 0 Å². The van der Waals surface area contributed by atoms with Gasteiger partial charge in [-0.2, -0.15) is 11.8 Å². The van der Waals surface area contributed by atoms with Crippen molar-refractivity contribution in [1.82, 2.24) is 0 Å². The molecule has 0 heterocycles. The monoisotopic (exact) mass is 130 g/mol. The molecule has 48 valence electrons. The first-order valence-corrected chi connectivity index (χ1v) is 4.55. The molecule has 1 aliphatic carbocycles. The zero-order valence-corrected chi connectivity index (χ0v) is 6.72. The molecule has 1 rings (SSSR count). The largest absolute Gasteiger partial charge is 0.165 e. The van der Waals surface area contributed by atoms with Crippen molar-refractivity contribution in [2.24, 2.45) is 11.3 Å². The fourth-order valence-electron chi connectivity index (χ4n) is 1.06. The van der Waals surface area contributed by atoms with Gasteiger partial charge in [-0.3, -0.25) is 0 Å². The van der Waals surface area contributed by atoms with Crippen molar-refractivity contribution >= 4 is 11.8 Å². The summed E-state index contributed by atoms with van der Waals surface area (Å²) in [6, 6.07) is 0. The van der Waals surface area contributed by atoms with Crippen LogP contribution in [-0.2, 0) is 0 Å². The highest BCUT2D eigenvalue weighted by atomic mass is 32.2. The molecule has 0 aromatic carbocycles. The Balaban J connectivity index is 2.17. The van der Waals surface area contributed by atoms with Crippen LogP contribution in [0.1, 0.15) is 20.3 Å². The van der Waals surface area contributed by atoms with E-state index in [1.807, 2.05) is 11.8 Å². The lowest BCUT2D eigenvalue weighted by Crippen LogP contribution is -1.91. The molecule has 8 heavy (non-hydrogen) atoms. The van der Waals surface area contributed by atoms with E-state index in [9.17, 15) is 0 Å². The van der Waals surface area contributed by atoms with E-state index >= 15 is 0 Å². The second-order valence-corrected chi connectivity index (χ2v) is 4.26. The molecular formula is C7H14S. The van der Waals surface area contributed by atoms with Gasteiger partial charge in [-0.25, -0.2) is 0 Å². The van der Waals surface area contributed by atoms with Crippen molar-refractivity contribution in [3.05, 3.63) is 0 Å². The summed E-state index contributed by atoms with van der Waals surface area (Å²) in [7, 11) is 0. The zero-order chi connectivity index (χ0) is 6.20. The molecule has 0 spiro atoms. The Morgan fingerprint density at radius 1 is 1.62 bits per heavy atom. The third-order valence-electron chi connectivity index (χ3n) is 2.09. The first-order chi connectivity index (χ1) is 3.67. The van der Waals surface area contributed by atoms with Crippen LogP contribution in [0.3, 0.4) is 0 Å². The number of hydrogen-bond donors (Lipinski definition) is 0. The summed E-state index contributed by atoms with van der Waals surface area (Å²) >= 11 is 1.97. The fourth-order valence-corrected chi connectivity index (χ4v) is 2.03. The minimum absolute atomic E-state index is 0.697. The van der Waals surface area contributed by atoms with Gasteiger partial charge in [0.1, 0.15) is 0 Å². The zero-order valence-electron chi connectivity index (χ0n) is 5.90. The first-order valence-electron chi connectivity index (χ1n) is 3.16. The lowest BCUT2D eigenvalue weighted by molar-refractivity contribution is 0.590. The third kappa shape index (κ3) is 1.19. The Kier molecular flexibility index (Phi) is 1.57. The molecule has 0 unspecified atom stereocenters. The average molecular weight is 130 g/mol. The van der Waals surface area contributed by atoms with Crippen LogP contribution in [0.2, 0.25) is 0 Å². The highest BCUT2D eigenvalue weighted by Crippen LogP contribution is 2.52. The molecule has 0 radical (unpaired) electrons. The van der Waals surface area contributed by atoms with E-state index in [0.717, 1.165) is 5.92 Å². The van der Waals surface area contributed by atoms with Crippen molar-refractivity contribution in [2.45, 2.75) is 20.3 Å². The van der Waals surface area contributed by atoms with Crippen LogP contribution < -0.4 is 0 Å². The summed E-state index contributed by atoms with van der Waals surface area (Å²) in [5, 5.41) is 0. The standard InChI is InChI=1S/C7H14S/c1-7(2)4-6(7)5-8-3/h6H,4-5H2,1-3H3/t6-/m1/s1. The van der Waals surface area contributed by atoms with E-state index in [2.05, 4.69) is 20.1 Å². The lowest BCUT2D eigenvalue weighted by atomic mass is 10.1. The maximum Gasteiger partial charge on any atom is -0.00366 e. The van der Waals surface area contributed by atoms with Gasteiger partial charge in [-0.05, 0) is 29.8 Å². The molecule has 0 aromatic rings. The summed E-state index contributed by atoms with van der Waals surface area (Å²) in [5.41, 5.74) is 0.697. The van der Waals surface area contributed by atoms with E-state index < -0.39 is 0 Å². The molecule has 1 fully saturated rings. The maximum absolute atomic E-state index is 2.36. The SMILES string of the molecule is CSC[C@H]1CC1(C)C. The maximum atomic E-state index is 2.36. The summed E-state index contributed by atoms with van der Waals surface area (Å²) < 4.78 is 0. The van der Waals surface area contributed by atoms with Crippen molar-refractivity contribution < 1.29 is 0 Å². The molecule has 0 nitrogen and oxygen atoms in total. The minimum Gasteiger partial charge on any atom is -0.165 e. The highest BCUT2D eigenvalue weighted by Gasteiger charge is 2.44. The predicted molar refractivity (Wildman–Crippen MR) is 40.3 cm³/mol. The highest BCUT2D eigenvalue weighted by molar-refractivity contribution is 7.98. The number of thioether (sulfide) groups is 1. The van der Waals surface area contributed by atoms with Gasteiger partial charge in [-0.15, -0.1) is 0 Å². The van der Waals surface area contributed by atoms with Gasteiger partial charge in [-0.1, -0.05) is 13.8 Å². The van der Waals surface area contributed by atoms with Crippen LogP contribution in [-0.4, -0.2) is 12.0 Å². The van der Waals surface area contributed by atoms with Crippen molar-refractivity contribution in [2.75, 3.05) is 12.0 Å². The van der Waals surface area contributed by atoms with E-state index in [1.54, 1.807) is 0 Å². The molecule has 0 bridgehead atoms. The minimum atomic E-state index is 0.697. The molecule has 1 heteroatoms. The van der Waals surface area contributed by atoms with Crippen molar-refractivity contribution in [1.29, 1.82) is 0 Å². The normalized spacial score (nSPS) is 32.6. The van der Waals surface area contributed by atoms with Crippen LogP contribution in [0.5, 0.6) is 0 Å². The topological polar surface area (TPSA) is 0 Å². The smallest absolute Gasteiger partial charge is 0.00366 e. The van der Waals surface area contributed by atoms with Gasteiger partial charge >= 0.3 is 0 Å². The molecule has 1 aliphatic rings. The summed E-state index contributed by atoms with van der Waals surface area (Å²) in [4.78, 5) is 0. The van der Waals surface area contributed by atoms with Gasteiger partial charge in [0.25, 0.3) is 0 Å². The molecule has 1 saturated carbocycles. The van der Waals surface area contributed by atoms with Crippen LogP contribution in [0, 0.1) is 11.3 Å². The van der Waals surface area contributed by atoms with Gasteiger partial charge in [0.15, 0.2) is 0 Å². The molecule has 1 atom stereocenters. The Morgan fingerprint density at radius 3 is 2.25 bits per heavy atom. The predicted octanol–water partition coefficient (Wildman–Crippen LogP) is 2.40. The Bertz CT molecular complexity index is 86.4. The van der Waals surface area contributed by atoms with Gasteiger partial charge in [0, 0.05) is 0 Å². The average Bonchev–Trinajstić information content (AvgIpc) is 2.15. The summed E-state index contributed by atoms with van der Waals surface area (Å²) in [5.74, 6) is 2.39. The Morgan fingerprint density at radius 2 is 2.12 bits per heavy atom. The second-order valence-electron chi connectivity index (χ2n) is 3.34. The molecule has 0 aliphatic heterocycles. The fraction of sp³-hybridized carbons (Fsp3) is 1.00. The lowest BCUT2D eigenvalue weighted by Gasteiger charge is -1.98. The first kappa shape index (κ1) is 6.47. The van der Waals surface area contributed by atoms with Crippen LogP contribution >= 0.6 is 11.8 Å². The summed E-state index contributed by atoms with van der Waals surface area (Å²) in [6.45, 7) is 4.71. The Labute approximate surface area is 56.0 Å². The van der Waals surface area contributed by atoms with E-state index in [0.29, 0.717) is 5.41 Å². The number of hydrogen-bond acceptors (Lipinski definition) is 1. The van der Waals surface area contributed by atoms with Gasteiger partial charge in [0.2, 0.25) is 0 Å². The van der Waals surface area contributed by atoms with Crippen molar-refractivity contribution in [3.63, 3.8) is 0 Å². The van der Waals surface area contributed by atoms with Gasteiger partial charge in [0.05, 0.1) is 0 Å². The third-order valence-corrected chi connectivity index (χ3v) is 2.82. The number of rotatable bonds is 2. The second kappa shape index (κ2) is 1.94. The molecule has 0 N–H and O–H groups in total. The summed E-state index contributed by atoms with van der Waals surface area (Å²) in [6.07, 6.45) is 3.64. The quantitative estimate of drug-likeness (QED) is 0.553. The van der Waals surface area contributed by atoms with Gasteiger partial charge < -0.3 is 0 Å². The van der Waals surface area contributed by atoms with E-state index in [1.165, 1.54) is 12.2 Å². The van der Waals surface area contributed by atoms with Crippen LogP contribution in [0.25, 0.3) is 0 Å².